The Morgan fingerprint density at radius 1 is 2.00 bits per heavy atom. The summed E-state index contributed by atoms with van der Waals surface area (Å²) >= 11 is 0.332. The highest BCUT2D eigenvalue weighted by molar-refractivity contribution is 8.14. The van der Waals surface area contributed by atoms with Gasteiger partial charge in [0.1, 0.15) is 0 Å². The third-order valence-corrected chi connectivity index (χ3v) is 1.30. The van der Waals surface area contributed by atoms with Crippen LogP contribution in [-0.2, 0) is 4.79 Å². The smallest absolute Gasteiger partial charge is 0.205 e. The summed E-state index contributed by atoms with van der Waals surface area (Å²) in [5.74, 6) is 0. The minimum Gasteiger partial charge on any atom is -0.321 e. The zero-order chi connectivity index (χ0) is 8.86. The number of hydrogen-bond acceptors (Lipinski definition) is 3. The van der Waals surface area contributed by atoms with Crippen LogP contribution in [-0.4, -0.2) is 16.9 Å². The van der Waals surface area contributed by atoms with Gasteiger partial charge in [0, 0.05) is 11.2 Å². The molecular weight excluding hydrogens is 146 g/mol. The minimum absolute atomic E-state index is 0. The Hall–Kier alpha value is 0.270. The van der Waals surface area contributed by atoms with Gasteiger partial charge in [-0.05, 0) is 6.37 Å². The van der Waals surface area contributed by atoms with Gasteiger partial charge in [-0.15, -0.1) is 12.4 Å². The Morgan fingerprint density at radius 3 is 2.75 bits per heavy atom. The first-order valence-electron chi connectivity index (χ1n) is 3.77. The van der Waals surface area contributed by atoms with Crippen molar-refractivity contribution in [2.75, 3.05) is 5.70 Å². The molecule has 2 nitrogen and oxygen atoms in total. The van der Waals surface area contributed by atoms with Gasteiger partial charge in [0.05, 0.1) is 6.04 Å². The van der Waals surface area contributed by atoms with E-state index in [0.717, 1.165) is 0 Å². The molecule has 2 N–H and O–H groups in total. The van der Waals surface area contributed by atoms with Crippen LogP contribution in [0.25, 0.3) is 0 Å². The van der Waals surface area contributed by atoms with E-state index in [0.29, 0.717) is 11.8 Å². The summed E-state index contributed by atoms with van der Waals surface area (Å²) in [6, 6.07) is -1.34. The maximum Gasteiger partial charge on any atom is 0.205 e. The summed E-state index contributed by atoms with van der Waals surface area (Å²) in [6.07, 6.45) is -2.26. The highest BCUT2D eigenvalue weighted by Gasteiger charge is 2.19. The Kier molecular flexibility index (Phi) is 1.43. The molecule has 1 saturated heterocycles. The lowest BCUT2D eigenvalue weighted by Gasteiger charge is -1.90. The molecule has 0 radical (unpaired) electrons. The van der Waals surface area contributed by atoms with Crippen molar-refractivity contribution in [1.29, 1.82) is 0 Å². The first-order chi connectivity index (χ1) is 4.79. The van der Waals surface area contributed by atoms with Crippen molar-refractivity contribution < 1.29 is 10.3 Å². The number of carbonyl (C=O) groups is 1. The number of halogens is 1. The third-order valence-electron chi connectivity index (χ3n) is 0.620. The van der Waals surface area contributed by atoms with Gasteiger partial charge in [0.2, 0.25) is 5.12 Å². The van der Waals surface area contributed by atoms with Crippen LogP contribution in [0.2, 0.25) is 0 Å². The first-order valence-corrected chi connectivity index (χ1v) is 2.59. The molecule has 0 unspecified atom stereocenters. The van der Waals surface area contributed by atoms with Gasteiger partial charge in [-0.3, -0.25) is 4.79 Å². The summed E-state index contributed by atoms with van der Waals surface area (Å²) in [5, 5.41) is -0.625. The SMILES string of the molecule is Cl.[2H]C1([2H])SC(=O)[C@H](N)C1([2H])[2H]. The van der Waals surface area contributed by atoms with Crippen molar-refractivity contribution in [3.8, 4) is 0 Å². The van der Waals surface area contributed by atoms with Gasteiger partial charge in [0.25, 0.3) is 0 Å². The molecule has 0 saturated carbocycles. The van der Waals surface area contributed by atoms with E-state index in [1.54, 1.807) is 0 Å². The Bertz CT molecular complexity index is 211. The standard InChI is InChI=1S/C4H7NOS.ClH/c5-3-1-2-7-4(3)6;/h3H,1-2,5H2;1H/t3-;/m1./s1/i1D2,2D2;. The molecule has 0 aromatic rings. The van der Waals surface area contributed by atoms with Crippen molar-refractivity contribution in [2.45, 2.75) is 12.4 Å². The third kappa shape index (κ3) is 1.65. The van der Waals surface area contributed by atoms with Crippen LogP contribution in [0.5, 0.6) is 0 Å². The molecule has 1 fully saturated rings. The quantitative estimate of drug-likeness (QED) is 0.554. The van der Waals surface area contributed by atoms with Gasteiger partial charge in [0.15, 0.2) is 0 Å². The maximum absolute atomic E-state index is 10.8. The highest BCUT2D eigenvalue weighted by Crippen LogP contribution is 2.16. The second kappa shape index (κ2) is 3.33. The van der Waals surface area contributed by atoms with Gasteiger partial charge in [-0.2, -0.15) is 0 Å². The van der Waals surface area contributed by atoms with Gasteiger partial charge in [-0.1, -0.05) is 11.8 Å². The molecule has 0 aromatic heterocycles. The van der Waals surface area contributed by atoms with Gasteiger partial charge >= 0.3 is 0 Å². The molecule has 8 heavy (non-hydrogen) atoms. The number of hydrogen-bond donors (Lipinski definition) is 1. The van der Waals surface area contributed by atoms with Crippen LogP contribution in [0, 0.1) is 0 Å². The lowest BCUT2D eigenvalue weighted by molar-refractivity contribution is -0.111. The molecule has 0 spiro atoms. The Labute approximate surface area is 64.2 Å². The van der Waals surface area contributed by atoms with Crippen LogP contribution in [0.4, 0.5) is 0 Å². The fourth-order valence-corrected chi connectivity index (χ4v) is 0.738. The summed E-state index contributed by atoms with van der Waals surface area (Å²) < 4.78 is 28.5. The van der Waals surface area contributed by atoms with Crippen LogP contribution in [0.1, 0.15) is 11.9 Å². The van der Waals surface area contributed by atoms with Crippen LogP contribution < -0.4 is 5.73 Å². The van der Waals surface area contributed by atoms with E-state index in [1.165, 1.54) is 0 Å². The van der Waals surface area contributed by atoms with Gasteiger partial charge < -0.3 is 5.73 Å². The van der Waals surface area contributed by atoms with E-state index < -0.39 is 23.2 Å². The number of thioether (sulfide) groups is 1. The largest absolute Gasteiger partial charge is 0.321 e. The molecule has 0 bridgehead atoms. The molecule has 0 amide bonds. The van der Waals surface area contributed by atoms with Crippen LogP contribution in [0.15, 0.2) is 0 Å². The van der Waals surface area contributed by atoms with E-state index in [2.05, 4.69) is 0 Å². The Morgan fingerprint density at radius 2 is 2.62 bits per heavy atom. The summed E-state index contributed by atoms with van der Waals surface area (Å²) in [4.78, 5) is 10.8. The number of carbonyl (C=O) groups excluding carboxylic acids is 1. The van der Waals surface area contributed by atoms with Crippen molar-refractivity contribution in [3.05, 3.63) is 0 Å². The van der Waals surface area contributed by atoms with Crippen molar-refractivity contribution in [2.24, 2.45) is 5.73 Å². The fourth-order valence-electron chi connectivity index (χ4n) is 0.266. The van der Waals surface area contributed by atoms with Crippen molar-refractivity contribution in [3.63, 3.8) is 0 Å². The van der Waals surface area contributed by atoms with E-state index in [9.17, 15) is 4.79 Å². The lowest BCUT2D eigenvalue weighted by Crippen LogP contribution is -2.22. The highest BCUT2D eigenvalue weighted by atomic mass is 35.5. The van der Waals surface area contributed by atoms with Crippen molar-refractivity contribution in [1.82, 2.24) is 0 Å². The predicted molar refractivity (Wildman–Crippen MR) is 37.3 cm³/mol. The molecule has 1 heterocycles. The van der Waals surface area contributed by atoms with E-state index >= 15 is 0 Å². The van der Waals surface area contributed by atoms with Gasteiger partial charge in [-0.25, -0.2) is 0 Å². The summed E-state index contributed by atoms with van der Waals surface area (Å²) in [6.45, 7) is 0. The zero-order valence-corrected chi connectivity index (χ0v) is 5.51. The zero-order valence-electron chi connectivity index (χ0n) is 7.88. The normalized spacial score (nSPS) is 47.6. The molecule has 48 valence electrons. The molecule has 1 atom stereocenters. The number of nitrogens with two attached hydrogens (primary N) is 1. The van der Waals surface area contributed by atoms with E-state index in [4.69, 9.17) is 11.2 Å². The Balaban J connectivity index is 0.00000121. The monoisotopic (exact) mass is 157 g/mol. The topological polar surface area (TPSA) is 43.1 Å². The second-order valence-corrected chi connectivity index (χ2v) is 1.96. The molecule has 1 aliphatic rings. The van der Waals surface area contributed by atoms with Crippen LogP contribution >= 0.6 is 24.2 Å². The lowest BCUT2D eigenvalue weighted by atomic mass is 10.3. The average Bonchev–Trinajstić information content (AvgIpc) is 1.93. The van der Waals surface area contributed by atoms with E-state index in [1.807, 2.05) is 0 Å². The molecule has 1 rings (SSSR count). The molecule has 0 aliphatic carbocycles. The molecule has 1 aliphatic heterocycles. The molecular formula is C4H8ClNOS. The predicted octanol–water partition coefficient (Wildman–Crippen LogP) is 0.399. The number of rotatable bonds is 0. The fraction of sp³-hybridized carbons (Fsp3) is 0.750. The van der Waals surface area contributed by atoms with Crippen molar-refractivity contribution >= 4 is 29.3 Å². The minimum atomic E-state index is -2.26. The first kappa shape index (κ1) is 3.44. The summed E-state index contributed by atoms with van der Waals surface area (Å²) in [5.41, 5.74) is 2.96. The second-order valence-electron chi connectivity index (χ2n) is 1.15. The average molecular weight is 158 g/mol. The van der Waals surface area contributed by atoms with Crippen LogP contribution in [0.3, 0.4) is 0 Å². The molecule has 0 aromatic carbocycles. The van der Waals surface area contributed by atoms with E-state index in [-0.39, 0.29) is 12.4 Å². The summed E-state index contributed by atoms with van der Waals surface area (Å²) in [7, 11) is 0. The molecule has 4 heteroatoms. The maximum atomic E-state index is 10.8.